The number of ether oxygens (including phenoxy) is 2. The van der Waals surface area contributed by atoms with Crippen LogP contribution < -0.4 is 0 Å². The molecule has 1 aliphatic heterocycles. The van der Waals surface area contributed by atoms with Crippen molar-refractivity contribution in [1.82, 2.24) is 4.90 Å². The van der Waals surface area contributed by atoms with Crippen LogP contribution in [0, 0.1) is 0 Å². The normalized spacial score (nSPS) is 18.4. The number of nitrogens with zero attached hydrogens (tertiary/aromatic N) is 1. The fraction of sp³-hybridized carbons (Fsp3) is 0.650. The first-order valence-corrected chi connectivity index (χ1v) is 12.4. The minimum absolute atomic E-state index is 0.0596. The first-order chi connectivity index (χ1) is 12.4. The molecule has 0 radical (unpaired) electrons. The van der Waals surface area contributed by atoms with E-state index in [0.29, 0.717) is 26.2 Å². The van der Waals surface area contributed by atoms with Crippen LogP contribution in [0.5, 0.6) is 0 Å². The number of hydrogen-bond donors (Lipinski definition) is 0. The molecule has 0 bridgehead atoms. The molecule has 1 atom stereocenters. The van der Waals surface area contributed by atoms with Gasteiger partial charge in [-0.05, 0) is 45.3 Å². The summed E-state index contributed by atoms with van der Waals surface area (Å²) in [6, 6.07) is 9.78. The Morgan fingerprint density at radius 3 is 2.65 bits per heavy atom. The second-order valence-electron chi connectivity index (χ2n) is 7.72. The lowest BCUT2D eigenvalue weighted by Gasteiger charge is -2.38. The van der Waals surface area contributed by atoms with Crippen LogP contribution >= 0.6 is 0 Å². The van der Waals surface area contributed by atoms with Crippen molar-refractivity contribution >= 4 is 15.0 Å². The van der Waals surface area contributed by atoms with Gasteiger partial charge in [0.2, 0.25) is 0 Å². The first-order valence-electron chi connectivity index (χ1n) is 9.58. The molecule has 1 saturated heterocycles. The standard InChI is InChI=1S/C20H33NO4Si/c1-20(2,15-19(22)24-16-17-9-6-5-7-10-17)21-12-8-11-18(21)23-13-14-25-26(3)4/h5-7,9-10,18,26H,8,11-16H2,1-4H3. The molecule has 0 saturated carbocycles. The van der Waals surface area contributed by atoms with Crippen LogP contribution in [-0.4, -0.2) is 51.4 Å². The molecule has 6 heteroatoms. The van der Waals surface area contributed by atoms with Gasteiger partial charge in [-0.2, -0.15) is 0 Å². The first kappa shape index (κ1) is 21.1. The molecule has 1 aliphatic rings. The maximum absolute atomic E-state index is 12.3. The Hall–Kier alpha value is -1.21. The third-order valence-electron chi connectivity index (χ3n) is 4.64. The monoisotopic (exact) mass is 379 g/mol. The molecule has 1 aromatic carbocycles. The van der Waals surface area contributed by atoms with E-state index in [9.17, 15) is 4.79 Å². The predicted molar refractivity (Wildman–Crippen MR) is 105 cm³/mol. The molecule has 1 aromatic rings. The number of carbonyl (C=O) groups is 1. The Morgan fingerprint density at radius 2 is 1.96 bits per heavy atom. The van der Waals surface area contributed by atoms with E-state index in [-0.39, 0.29) is 17.7 Å². The van der Waals surface area contributed by atoms with Gasteiger partial charge in [-0.25, -0.2) is 0 Å². The van der Waals surface area contributed by atoms with E-state index in [1.54, 1.807) is 0 Å². The van der Waals surface area contributed by atoms with Crippen molar-refractivity contribution in [2.45, 2.75) is 64.6 Å². The van der Waals surface area contributed by atoms with Crippen molar-refractivity contribution in [2.75, 3.05) is 19.8 Å². The zero-order valence-corrected chi connectivity index (χ0v) is 17.7. The van der Waals surface area contributed by atoms with E-state index < -0.39 is 9.04 Å². The molecular weight excluding hydrogens is 346 g/mol. The molecule has 5 nitrogen and oxygen atoms in total. The van der Waals surface area contributed by atoms with Gasteiger partial charge in [0.1, 0.15) is 12.8 Å². The lowest BCUT2D eigenvalue weighted by molar-refractivity contribution is -0.150. The van der Waals surface area contributed by atoms with Crippen LogP contribution in [0.25, 0.3) is 0 Å². The number of benzene rings is 1. The van der Waals surface area contributed by atoms with Crippen molar-refractivity contribution in [1.29, 1.82) is 0 Å². The summed E-state index contributed by atoms with van der Waals surface area (Å²) in [6.07, 6.45) is 2.51. The Balaban J connectivity index is 1.79. The van der Waals surface area contributed by atoms with Crippen LogP contribution in [0.4, 0.5) is 0 Å². The third-order valence-corrected chi connectivity index (χ3v) is 5.54. The summed E-state index contributed by atoms with van der Waals surface area (Å²) in [5.41, 5.74) is 0.720. The van der Waals surface area contributed by atoms with E-state index in [1.807, 2.05) is 30.3 Å². The molecule has 2 rings (SSSR count). The Kier molecular flexibility index (Phi) is 8.28. The van der Waals surface area contributed by atoms with Gasteiger partial charge in [-0.1, -0.05) is 30.3 Å². The van der Waals surface area contributed by atoms with Crippen LogP contribution in [0.3, 0.4) is 0 Å². The van der Waals surface area contributed by atoms with Crippen LogP contribution in [0.2, 0.25) is 13.1 Å². The minimum atomic E-state index is -0.994. The fourth-order valence-electron chi connectivity index (χ4n) is 3.31. The zero-order chi connectivity index (χ0) is 19.0. The van der Waals surface area contributed by atoms with E-state index >= 15 is 0 Å². The average molecular weight is 380 g/mol. The molecule has 146 valence electrons. The molecule has 1 fully saturated rings. The summed E-state index contributed by atoms with van der Waals surface area (Å²) in [5, 5.41) is 0. The SMILES string of the molecule is C[SiH](C)OCCOC1CCCN1C(C)(C)CC(=O)OCc1ccccc1. The van der Waals surface area contributed by atoms with Gasteiger partial charge in [-0.15, -0.1) is 0 Å². The smallest absolute Gasteiger partial charge is 0.307 e. The predicted octanol–water partition coefficient (Wildman–Crippen LogP) is 3.34. The van der Waals surface area contributed by atoms with Gasteiger partial charge in [0.15, 0.2) is 9.04 Å². The van der Waals surface area contributed by atoms with Crippen molar-refractivity contribution in [3.63, 3.8) is 0 Å². The van der Waals surface area contributed by atoms with E-state index in [2.05, 4.69) is 31.8 Å². The molecule has 0 amide bonds. The molecule has 0 spiro atoms. The lowest BCUT2D eigenvalue weighted by Crippen LogP contribution is -2.49. The summed E-state index contributed by atoms with van der Waals surface area (Å²) in [5.74, 6) is -0.168. The fourth-order valence-corrected chi connectivity index (χ4v) is 3.88. The van der Waals surface area contributed by atoms with E-state index in [0.717, 1.165) is 24.9 Å². The van der Waals surface area contributed by atoms with Crippen molar-refractivity contribution in [3.8, 4) is 0 Å². The molecule has 1 unspecified atom stereocenters. The van der Waals surface area contributed by atoms with Crippen molar-refractivity contribution < 1.29 is 18.7 Å². The van der Waals surface area contributed by atoms with Gasteiger partial charge < -0.3 is 13.9 Å². The second kappa shape index (κ2) is 10.2. The van der Waals surface area contributed by atoms with Crippen LogP contribution in [0.15, 0.2) is 30.3 Å². The molecular formula is C20H33NO4Si. The summed E-state index contributed by atoms with van der Waals surface area (Å²) in [4.78, 5) is 14.6. The van der Waals surface area contributed by atoms with Gasteiger partial charge in [0, 0.05) is 12.1 Å². The minimum Gasteiger partial charge on any atom is -0.461 e. The lowest BCUT2D eigenvalue weighted by atomic mass is 9.98. The van der Waals surface area contributed by atoms with E-state index in [1.165, 1.54) is 0 Å². The highest BCUT2D eigenvalue weighted by Gasteiger charge is 2.38. The highest BCUT2D eigenvalue weighted by atomic mass is 28.3. The summed E-state index contributed by atoms with van der Waals surface area (Å²) >= 11 is 0. The van der Waals surface area contributed by atoms with Crippen molar-refractivity contribution in [3.05, 3.63) is 35.9 Å². The number of likely N-dealkylation sites (tertiary alicyclic amines) is 1. The highest BCUT2D eigenvalue weighted by molar-refractivity contribution is 6.48. The third kappa shape index (κ3) is 6.83. The topological polar surface area (TPSA) is 48.0 Å². The maximum Gasteiger partial charge on any atom is 0.307 e. The molecule has 0 aliphatic carbocycles. The Morgan fingerprint density at radius 1 is 1.23 bits per heavy atom. The van der Waals surface area contributed by atoms with E-state index in [4.69, 9.17) is 13.9 Å². The zero-order valence-electron chi connectivity index (χ0n) is 16.6. The number of carbonyl (C=O) groups excluding carboxylic acids is 1. The summed E-state index contributed by atoms with van der Waals surface area (Å²) in [7, 11) is -0.994. The average Bonchev–Trinajstić information content (AvgIpc) is 3.07. The van der Waals surface area contributed by atoms with Gasteiger partial charge in [0.05, 0.1) is 19.6 Å². The maximum atomic E-state index is 12.3. The molecule has 26 heavy (non-hydrogen) atoms. The number of rotatable bonds is 10. The van der Waals surface area contributed by atoms with Crippen LogP contribution in [-0.2, 0) is 25.3 Å². The number of hydrogen-bond acceptors (Lipinski definition) is 5. The molecule has 1 heterocycles. The van der Waals surface area contributed by atoms with Crippen LogP contribution in [0.1, 0.15) is 38.7 Å². The molecule has 0 aromatic heterocycles. The molecule has 0 N–H and O–H groups in total. The number of esters is 1. The van der Waals surface area contributed by atoms with Crippen molar-refractivity contribution in [2.24, 2.45) is 0 Å². The van der Waals surface area contributed by atoms with Gasteiger partial charge in [-0.3, -0.25) is 9.69 Å². The highest BCUT2D eigenvalue weighted by Crippen LogP contribution is 2.30. The Labute approximate surface area is 159 Å². The van der Waals surface area contributed by atoms with Gasteiger partial charge in [0.25, 0.3) is 0 Å². The summed E-state index contributed by atoms with van der Waals surface area (Å²) in [6.45, 7) is 11.0. The quantitative estimate of drug-likeness (QED) is 0.354. The largest absolute Gasteiger partial charge is 0.461 e. The van der Waals surface area contributed by atoms with Gasteiger partial charge >= 0.3 is 5.97 Å². The Bertz CT molecular complexity index is 550. The second-order valence-corrected chi connectivity index (χ2v) is 10.1. The summed E-state index contributed by atoms with van der Waals surface area (Å²) < 4.78 is 17.2.